The normalized spacial score (nSPS) is 11.2. The molecule has 84 heavy (non-hydrogen) atoms. The van der Waals surface area contributed by atoms with E-state index in [0.29, 0.717) is 29.7 Å². The number of ether oxygens (including phenoxy) is 4. The number of aromatic nitrogens is 9. The minimum atomic E-state index is -5.07. The van der Waals surface area contributed by atoms with Crippen LogP contribution in [0.5, 0.6) is 34.5 Å². The fourth-order valence-electron chi connectivity index (χ4n) is 7.79. The van der Waals surface area contributed by atoms with Gasteiger partial charge in [-0.3, -0.25) is 28.3 Å². The van der Waals surface area contributed by atoms with Crippen LogP contribution in [0.15, 0.2) is 152 Å². The van der Waals surface area contributed by atoms with Gasteiger partial charge in [0.1, 0.15) is 23.0 Å². The van der Waals surface area contributed by atoms with Gasteiger partial charge in [0, 0.05) is 21.8 Å². The summed E-state index contributed by atoms with van der Waals surface area (Å²) in [7, 11) is 3.02. The molecule has 0 bridgehead atoms. The molecule has 5 aromatic heterocycles. The Kier molecular flexibility index (Phi) is 18.4. The molecular formula is C55H35BrCl2F7N11O8. The number of alkyl halides is 6. The van der Waals surface area contributed by atoms with E-state index in [2.05, 4.69) is 41.1 Å². The molecule has 0 radical (unpaired) electrons. The summed E-state index contributed by atoms with van der Waals surface area (Å²) in [5, 5.41) is 26.9. The van der Waals surface area contributed by atoms with Gasteiger partial charge in [-0.15, -0.1) is 0 Å². The van der Waals surface area contributed by atoms with E-state index in [9.17, 15) is 55.2 Å². The molecule has 0 spiro atoms. The fraction of sp³-hybridized carbons (Fsp3) is 0.145. The van der Waals surface area contributed by atoms with Crippen LogP contribution in [0.4, 0.5) is 30.7 Å². The van der Waals surface area contributed by atoms with Gasteiger partial charge in [0.05, 0.1) is 97.7 Å². The van der Waals surface area contributed by atoms with E-state index < -0.39 is 70.0 Å². The second kappa shape index (κ2) is 25.6. The summed E-state index contributed by atoms with van der Waals surface area (Å²) in [4.78, 5) is 63.1. The first-order chi connectivity index (χ1) is 39.9. The van der Waals surface area contributed by atoms with Gasteiger partial charge in [-0.05, 0) is 112 Å². The maximum Gasteiger partial charge on any atom is 0.437 e. The molecule has 0 aliphatic rings. The van der Waals surface area contributed by atoms with E-state index in [4.69, 9.17) is 47.4 Å². The molecule has 0 N–H and O–H groups in total. The first kappa shape index (κ1) is 60.4. The summed E-state index contributed by atoms with van der Waals surface area (Å²) in [5.74, 6) is -2.38. The highest BCUT2D eigenvalue weighted by Gasteiger charge is 2.40. The van der Waals surface area contributed by atoms with Crippen LogP contribution in [-0.2, 0) is 38.5 Å². The monoisotopic (exact) mass is 1260 g/mol. The third-order valence-electron chi connectivity index (χ3n) is 11.7. The maximum atomic E-state index is 13.9. The Morgan fingerprint density at radius 1 is 0.548 bits per heavy atom. The maximum absolute atomic E-state index is 13.9. The van der Waals surface area contributed by atoms with Gasteiger partial charge < -0.3 is 18.9 Å². The topological polar surface area (TPSA) is 237 Å². The quantitative estimate of drug-likeness (QED) is 0.0685. The highest BCUT2D eigenvalue weighted by molar-refractivity contribution is 9.10. The second-order valence-electron chi connectivity index (χ2n) is 17.5. The first-order valence-electron chi connectivity index (χ1n) is 23.8. The highest BCUT2D eigenvalue weighted by atomic mass is 79.9. The van der Waals surface area contributed by atoms with Crippen LogP contribution >= 0.6 is 39.1 Å². The van der Waals surface area contributed by atoms with Crippen molar-refractivity contribution in [3.05, 3.63) is 235 Å². The number of nitrogens with zero attached hydrogens (tertiary/aromatic N) is 11. The molecule has 4 aromatic carbocycles. The predicted octanol–water partition coefficient (Wildman–Crippen LogP) is 10.4. The number of methoxy groups -OCH3 is 2. The van der Waals surface area contributed by atoms with Crippen molar-refractivity contribution in [2.75, 3.05) is 14.2 Å². The summed E-state index contributed by atoms with van der Waals surface area (Å²) < 4.78 is 121. The molecule has 9 aromatic rings. The van der Waals surface area contributed by atoms with Gasteiger partial charge in [0.25, 0.3) is 22.2 Å². The van der Waals surface area contributed by atoms with Gasteiger partial charge in [-0.25, -0.2) is 24.3 Å². The molecule has 428 valence electrons. The van der Waals surface area contributed by atoms with Crippen molar-refractivity contribution in [3.8, 4) is 57.8 Å². The van der Waals surface area contributed by atoms with Crippen LogP contribution in [0.3, 0.4) is 0 Å². The molecule has 29 heteroatoms. The highest BCUT2D eigenvalue weighted by Crippen LogP contribution is 2.37. The van der Waals surface area contributed by atoms with Crippen LogP contribution in [0, 0.1) is 28.6 Å². The fourth-order valence-corrected chi connectivity index (χ4v) is 8.71. The average molecular weight is 1260 g/mol. The van der Waals surface area contributed by atoms with Crippen LogP contribution in [-0.4, -0.2) is 57.9 Å². The third kappa shape index (κ3) is 14.7. The van der Waals surface area contributed by atoms with Crippen LogP contribution in [0.25, 0.3) is 11.1 Å². The van der Waals surface area contributed by atoms with E-state index in [1.807, 2.05) is 0 Å². The molecule has 0 saturated heterocycles. The van der Waals surface area contributed by atoms with Crippen LogP contribution in [0.1, 0.15) is 45.0 Å². The lowest BCUT2D eigenvalue weighted by atomic mass is 10.1. The van der Waals surface area contributed by atoms with Gasteiger partial charge in [0.15, 0.2) is 11.4 Å². The number of hydrogen-bond donors (Lipinski definition) is 0. The minimum absolute atomic E-state index is 0.00652. The number of nitriles is 2. The van der Waals surface area contributed by atoms with Crippen molar-refractivity contribution < 1.29 is 49.7 Å². The number of hydrogen-bond acceptors (Lipinski definition) is 15. The van der Waals surface area contributed by atoms with Crippen molar-refractivity contribution in [1.82, 2.24) is 43.6 Å². The smallest absolute Gasteiger partial charge is 0.437 e. The van der Waals surface area contributed by atoms with E-state index in [1.165, 1.54) is 44.6 Å². The van der Waals surface area contributed by atoms with E-state index in [0.717, 1.165) is 60.6 Å². The predicted molar refractivity (Wildman–Crippen MR) is 290 cm³/mol. The second-order valence-corrected chi connectivity index (χ2v) is 19.2. The zero-order valence-corrected chi connectivity index (χ0v) is 46.0. The molecule has 19 nitrogen and oxygen atoms in total. The Hall–Kier alpha value is -9.70. The van der Waals surface area contributed by atoms with Gasteiger partial charge >= 0.3 is 12.4 Å². The van der Waals surface area contributed by atoms with Gasteiger partial charge in [0.2, 0.25) is 17.4 Å². The largest absolute Gasteiger partial charge is 0.497 e. The Balaban J connectivity index is 0.000000221. The average Bonchev–Trinajstić information content (AvgIpc) is 2.22. The number of rotatable bonds is 15. The lowest BCUT2D eigenvalue weighted by Crippen LogP contribution is -2.30. The Morgan fingerprint density at radius 3 is 1.39 bits per heavy atom. The lowest BCUT2D eigenvalue weighted by molar-refractivity contribution is -0.143. The Bertz CT molecular complexity index is 4280. The standard InChI is InChI=1S/C30H19ClF4N6O4.C25H16BrClF3N5O4/c1-44-22-5-2-17(3-6-22)14-41-28(42)24(19-4-7-25(32)37-13-19)11-21(39-41)15-40-16-38-27(30(33,34)35)26(29(40)43)45-23-9-18(12-36)8-20(31)10-23;1-38-18-4-2-14(3-5-18)11-35-23(36)20(26)9-17(33-35)12-34-13-32-22(25(28,29)30)21(24(34)37)39-19-7-15(10-31)6-16(27)8-19/h2-11,13,16H,14-15H2,1H3;2-9,13H,11-12H2,1H3. The van der Waals surface area contributed by atoms with Crippen molar-refractivity contribution >= 4 is 39.1 Å². The summed E-state index contributed by atoms with van der Waals surface area (Å²) in [5.41, 5.74) is -4.63. The summed E-state index contributed by atoms with van der Waals surface area (Å²) in [6.45, 7) is -0.715. The SMILES string of the molecule is COc1ccc(Cn2nc(Cn3cnc(C(F)(F)F)c(Oc4cc(Cl)cc(C#N)c4)c3=O)cc(-c3ccc(F)nc3)c2=O)cc1.COc1ccc(Cn2nc(Cn3cnc(C(F)(F)F)c(Oc4cc(Cl)cc(C#N)c4)c3=O)cc(Br)c2=O)cc1. The van der Waals surface area contributed by atoms with E-state index >= 15 is 0 Å². The van der Waals surface area contributed by atoms with E-state index in [1.54, 1.807) is 60.7 Å². The molecule has 0 fully saturated rings. The number of halogens is 10. The summed E-state index contributed by atoms with van der Waals surface area (Å²) in [6, 6.07) is 29.5. The van der Waals surface area contributed by atoms with Crippen LogP contribution in [0.2, 0.25) is 10.0 Å². The molecule has 0 unspecified atom stereocenters. The van der Waals surface area contributed by atoms with Crippen molar-refractivity contribution in [1.29, 1.82) is 10.5 Å². The van der Waals surface area contributed by atoms with Crippen LogP contribution < -0.4 is 41.2 Å². The Morgan fingerprint density at radius 2 is 0.988 bits per heavy atom. The molecule has 0 amide bonds. The molecule has 9 rings (SSSR count). The molecule has 5 heterocycles. The number of pyridine rings is 1. The van der Waals surface area contributed by atoms with Gasteiger partial charge in [-0.1, -0.05) is 47.5 Å². The Labute approximate surface area is 486 Å². The zero-order valence-electron chi connectivity index (χ0n) is 42.9. The van der Waals surface area contributed by atoms with E-state index in [-0.39, 0.29) is 79.3 Å². The molecule has 0 atom stereocenters. The molecular weight excluding hydrogens is 1230 g/mol. The molecule has 0 saturated carbocycles. The lowest BCUT2D eigenvalue weighted by Gasteiger charge is -2.16. The van der Waals surface area contributed by atoms with Gasteiger partial charge in [-0.2, -0.15) is 51.5 Å². The van der Waals surface area contributed by atoms with Crippen molar-refractivity contribution in [2.45, 2.75) is 38.5 Å². The minimum Gasteiger partial charge on any atom is -0.497 e. The van der Waals surface area contributed by atoms with Crippen molar-refractivity contribution in [3.63, 3.8) is 0 Å². The van der Waals surface area contributed by atoms with Crippen molar-refractivity contribution in [2.24, 2.45) is 0 Å². The zero-order chi connectivity index (χ0) is 60.6. The third-order valence-corrected chi connectivity index (χ3v) is 12.7. The first-order valence-corrected chi connectivity index (χ1v) is 25.3. The summed E-state index contributed by atoms with van der Waals surface area (Å²) >= 11 is 15.1. The summed E-state index contributed by atoms with van der Waals surface area (Å²) in [6.07, 6.45) is -7.55. The molecule has 0 aliphatic carbocycles. The molecule has 0 aliphatic heterocycles. The number of benzene rings is 4.